The summed E-state index contributed by atoms with van der Waals surface area (Å²) in [7, 11) is 3.93. The number of carbonyl (C=O) groups excluding carboxylic acids is 2. The minimum atomic E-state index is -0.484. The van der Waals surface area contributed by atoms with Crippen LogP contribution < -0.4 is 5.73 Å². The third-order valence-corrected chi connectivity index (χ3v) is 2.54. The van der Waals surface area contributed by atoms with Gasteiger partial charge in [-0.3, -0.25) is 14.5 Å². The van der Waals surface area contributed by atoms with Crippen LogP contribution in [-0.2, 0) is 9.59 Å². The lowest BCUT2D eigenvalue weighted by molar-refractivity contribution is -0.149. The van der Waals surface area contributed by atoms with Crippen molar-refractivity contribution < 1.29 is 9.59 Å². The highest BCUT2D eigenvalue weighted by Crippen LogP contribution is 2.11. The number of amides is 2. The second-order valence-electron chi connectivity index (χ2n) is 4.19. The van der Waals surface area contributed by atoms with Gasteiger partial charge in [-0.2, -0.15) is 0 Å². The highest BCUT2D eigenvalue weighted by atomic mass is 16.2. The van der Waals surface area contributed by atoms with Gasteiger partial charge in [0, 0.05) is 13.0 Å². The van der Waals surface area contributed by atoms with Gasteiger partial charge in [0.25, 0.3) is 0 Å². The molecule has 0 spiro atoms. The van der Waals surface area contributed by atoms with Crippen molar-refractivity contribution in [3.8, 4) is 0 Å². The van der Waals surface area contributed by atoms with E-state index < -0.39 is 6.04 Å². The number of hydrogen-bond acceptors (Lipinski definition) is 4. The lowest BCUT2D eigenvalue weighted by Crippen LogP contribution is -2.51. The van der Waals surface area contributed by atoms with Crippen LogP contribution in [0.5, 0.6) is 0 Å². The molecule has 0 aromatic carbocycles. The van der Waals surface area contributed by atoms with Crippen molar-refractivity contribution in [2.45, 2.75) is 25.3 Å². The van der Waals surface area contributed by atoms with Crippen LogP contribution in [0.3, 0.4) is 0 Å². The lowest BCUT2D eigenvalue weighted by Gasteiger charge is -2.28. The Labute approximate surface area is 90.2 Å². The molecule has 1 heterocycles. The van der Waals surface area contributed by atoms with E-state index in [1.807, 2.05) is 19.0 Å². The van der Waals surface area contributed by atoms with Crippen molar-refractivity contribution in [3.05, 3.63) is 0 Å². The van der Waals surface area contributed by atoms with E-state index >= 15 is 0 Å². The molecule has 1 saturated heterocycles. The topological polar surface area (TPSA) is 66.6 Å². The number of carbonyl (C=O) groups is 2. The van der Waals surface area contributed by atoms with Crippen molar-refractivity contribution in [2.24, 2.45) is 5.73 Å². The summed E-state index contributed by atoms with van der Waals surface area (Å²) in [4.78, 5) is 26.4. The fourth-order valence-corrected chi connectivity index (χ4v) is 1.64. The molecule has 15 heavy (non-hydrogen) atoms. The van der Waals surface area contributed by atoms with E-state index in [1.54, 1.807) is 0 Å². The van der Waals surface area contributed by atoms with Crippen molar-refractivity contribution in [1.29, 1.82) is 0 Å². The Bertz CT molecular complexity index is 253. The average molecular weight is 213 g/mol. The molecule has 1 rings (SSSR count). The van der Waals surface area contributed by atoms with E-state index in [2.05, 4.69) is 0 Å². The molecule has 1 fully saturated rings. The van der Waals surface area contributed by atoms with Gasteiger partial charge in [0.2, 0.25) is 11.8 Å². The summed E-state index contributed by atoms with van der Waals surface area (Å²) in [6, 6.07) is -0.484. The molecule has 5 heteroatoms. The predicted octanol–water partition coefficient (Wildman–Crippen LogP) is -0.586. The Balaban J connectivity index is 2.43. The number of nitrogens with zero attached hydrogens (tertiary/aromatic N) is 2. The molecule has 0 bridgehead atoms. The average Bonchev–Trinajstić information content (AvgIpc) is 2.17. The summed E-state index contributed by atoms with van der Waals surface area (Å²) in [5, 5.41) is 0. The zero-order valence-electron chi connectivity index (χ0n) is 9.40. The minimum Gasteiger partial charge on any atom is -0.320 e. The van der Waals surface area contributed by atoms with E-state index in [0.29, 0.717) is 19.4 Å². The van der Waals surface area contributed by atoms with Gasteiger partial charge in [-0.25, -0.2) is 0 Å². The summed E-state index contributed by atoms with van der Waals surface area (Å²) < 4.78 is 0. The number of hydrogen-bond donors (Lipinski definition) is 1. The number of piperidine rings is 1. The molecule has 1 aliphatic heterocycles. The van der Waals surface area contributed by atoms with Crippen molar-refractivity contribution in [3.63, 3.8) is 0 Å². The second kappa shape index (κ2) is 5.23. The van der Waals surface area contributed by atoms with Crippen LogP contribution in [0.1, 0.15) is 19.3 Å². The molecule has 5 nitrogen and oxygen atoms in total. The first-order chi connectivity index (χ1) is 7.02. The first-order valence-corrected chi connectivity index (χ1v) is 5.27. The van der Waals surface area contributed by atoms with Gasteiger partial charge in [-0.15, -0.1) is 0 Å². The Kier molecular flexibility index (Phi) is 4.23. The molecular formula is C10H19N3O2. The fraction of sp³-hybridized carbons (Fsp3) is 0.800. The van der Waals surface area contributed by atoms with Crippen molar-refractivity contribution in [2.75, 3.05) is 27.2 Å². The number of imide groups is 1. The van der Waals surface area contributed by atoms with Crippen LogP contribution >= 0.6 is 0 Å². The zero-order valence-corrected chi connectivity index (χ0v) is 9.40. The SMILES string of the molecule is CN(C)CCCN1C(=O)CCC(N)C1=O. The zero-order chi connectivity index (χ0) is 11.4. The van der Waals surface area contributed by atoms with Crippen LogP contribution in [0.25, 0.3) is 0 Å². The summed E-state index contributed by atoms with van der Waals surface area (Å²) in [5.41, 5.74) is 5.61. The van der Waals surface area contributed by atoms with Crippen LogP contribution in [0, 0.1) is 0 Å². The molecule has 2 amide bonds. The summed E-state index contributed by atoms with van der Waals surface area (Å²) in [6.45, 7) is 1.36. The molecule has 0 aliphatic carbocycles. The van der Waals surface area contributed by atoms with Gasteiger partial charge in [-0.1, -0.05) is 0 Å². The predicted molar refractivity (Wildman–Crippen MR) is 57.1 cm³/mol. The van der Waals surface area contributed by atoms with Gasteiger partial charge < -0.3 is 10.6 Å². The Morgan fingerprint density at radius 3 is 2.73 bits per heavy atom. The Morgan fingerprint density at radius 1 is 1.47 bits per heavy atom. The van der Waals surface area contributed by atoms with Gasteiger partial charge in [0.05, 0.1) is 6.04 Å². The molecule has 1 aliphatic rings. The smallest absolute Gasteiger partial charge is 0.246 e. The maximum atomic E-state index is 11.6. The Hall–Kier alpha value is -0.940. The molecule has 1 atom stereocenters. The molecule has 0 aromatic rings. The molecule has 0 aromatic heterocycles. The third-order valence-electron chi connectivity index (χ3n) is 2.54. The van der Waals surface area contributed by atoms with Crippen molar-refractivity contribution in [1.82, 2.24) is 9.80 Å². The van der Waals surface area contributed by atoms with Gasteiger partial charge in [-0.05, 0) is 33.5 Å². The Morgan fingerprint density at radius 2 is 2.13 bits per heavy atom. The lowest BCUT2D eigenvalue weighted by atomic mass is 10.0. The van der Waals surface area contributed by atoms with E-state index in [9.17, 15) is 9.59 Å². The van der Waals surface area contributed by atoms with Gasteiger partial charge in [0.1, 0.15) is 0 Å². The first kappa shape index (κ1) is 12.1. The molecule has 0 radical (unpaired) electrons. The summed E-state index contributed by atoms with van der Waals surface area (Å²) in [6.07, 6.45) is 1.69. The maximum Gasteiger partial charge on any atom is 0.246 e. The molecule has 0 saturated carbocycles. The standard InChI is InChI=1S/C10H19N3O2/c1-12(2)6-3-7-13-9(14)5-4-8(11)10(13)15/h8H,3-7,11H2,1-2H3. The third kappa shape index (κ3) is 3.28. The summed E-state index contributed by atoms with van der Waals surface area (Å²) >= 11 is 0. The first-order valence-electron chi connectivity index (χ1n) is 5.27. The number of nitrogens with two attached hydrogens (primary N) is 1. The normalized spacial score (nSPS) is 22.7. The molecule has 2 N–H and O–H groups in total. The van der Waals surface area contributed by atoms with Gasteiger partial charge >= 0.3 is 0 Å². The monoisotopic (exact) mass is 213 g/mol. The maximum absolute atomic E-state index is 11.6. The van der Waals surface area contributed by atoms with E-state index in [0.717, 1.165) is 13.0 Å². The van der Waals surface area contributed by atoms with E-state index in [-0.39, 0.29) is 11.8 Å². The highest BCUT2D eigenvalue weighted by Gasteiger charge is 2.31. The second-order valence-corrected chi connectivity index (χ2v) is 4.19. The molecular weight excluding hydrogens is 194 g/mol. The van der Waals surface area contributed by atoms with Crippen LogP contribution in [0.2, 0.25) is 0 Å². The quantitative estimate of drug-likeness (QED) is 0.634. The largest absolute Gasteiger partial charge is 0.320 e. The van der Waals surface area contributed by atoms with Crippen LogP contribution in [-0.4, -0.2) is 54.8 Å². The fourth-order valence-electron chi connectivity index (χ4n) is 1.64. The number of rotatable bonds is 4. The minimum absolute atomic E-state index is 0.0829. The van der Waals surface area contributed by atoms with Crippen LogP contribution in [0.15, 0.2) is 0 Å². The number of likely N-dealkylation sites (tertiary alicyclic amines) is 1. The van der Waals surface area contributed by atoms with Gasteiger partial charge in [0.15, 0.2) is 0 Å². The highest BCUT2D eigenvalue weighted by molar-refractivity contribution is 6.00. The summed E-state index contributed by atoms with van der Waals surface area (Å²) in [5.74, 6) is -0.300. The molecule has 1 unspecified atom stereocenters. The molecule has 86 valence electrons. The van der Waals surface area contributed by atoms with E-state index in [1.165, 1.54) is 4.90 Å². The van der Waals surface area contributed by atoms with E-state index in [4.69, 9.17) is 5.73 Å². The van der Waals surface area contributed by atoms with Crippen molar-refractivity contribution >= 4 is 11.8 Å². The van der Waals surface area contributed by atoms with Crippen LogP contribution in [0.4, 0.5) is 0 Å².